The van der Waals surface area contributed by atoms with E-state index in [0.29, 0.717) is 5.75 Å². The maximum atomic E-state index is 10.8. The van der Waals surface area contributed by atoms with E-state index >= 15 is 0 Å². The molecule has 2 N–H and O–H groups in total. The molecule has 0 aliphatic heterocycles. The minimum atomic E-state index is -0.311. The highest BCUT2D eigenvalue weighted by atomic mass is 16.5. The predicted molar refractivity (Wildman–Crippen MR) is 74.8 cm³/mol. The first-order chi connectivity index (χ1) is 9.15. The maximum Gasteiger partial charge on any atom is 0.308 e. The summed E-state index contributed by atoms with van der Waals surface area (Å²) in [6.45, 7) is 1.39. The van der Waals surface area contributed by atoms with E-state index in [0.717, 1.165) is 17.5 Å². The quantitative estimate of drug-likeness (QED) is 0.675. The van der Waals surface area contributed by atoms with Crippen molar-refractivity contribution in [1.29, 1.82) is 0 Å². The van der Waals surface area contributed by atoms with Crippen LogP contribution in [0.3, 0.4) is 0 Å². The Hall–Kier alpha value is -2.13. The van der Waals surface area contributed by atoms with Crippen LogP contribution >= 0.6 is 0 Å². The molecule has 2 rings (SSSR count). The molecule has 3 nitrogen and oxygen atoms in total. The van der Waals surface area contributed by atoms with Gasteiger partial charge in [-0.1, -0.05) is 42.5 Å². The highest BCUT2D eigenvalue weighted by Crippen LogP contribution is 2.18. The van der Waals surface area contributed by atoms with E-state index in [1.165, 1.54) is 6.92 Å². The molecule has 1 atom stereocenters. The number of benzene rings is 2. The van der Waals surface area contributed by atoms with Gasteiger partial charge in [0.05, 0.1) is 0 Å². The Balaban J connectivity index is 2.01. The van der Waals surface area contributed by atoms with Crippen LogP contribution in [-0.4, -0.2) is 5.97 Å². The number of hydrogen-bond acceptors (Lipinski definition) is 3. The lowest BCUT2D eigenvalue weighted by atomic mass is 10.00. The van der Waals surface area contributed by atoms with Gasteiger partial charge in [0.2, 0.25) is 0 Å². The summed E-state index contributed by atoms with van der Waals surface area (Å²) < 4.78 is 4.99. The van der Waals surface area contributed by atoms with Gasteiger partial charge in [-0.15, -0.1) is 0 Å². The van der Waals surface area contributed by atoms with E-state index in [-0.39, 0.29) is 12.0 Å². The molecule has 0 saturated carbocycles. The van der Waals surface area contributed by atoms with Crippen molar-refractivity contribution in [3.63, 3.8) is 0 Å². The van der Waals surface area contributed by atoms with Crippen LogP contribution in [0.2, 0.25) is 0 Å². The molecule has 0 amide bonds. The summed E-state index contributed by atoms with van der Waals surface area (Å²) in [5.74, 6) is 0.248. The van der Waals surface area contributed by atoms with E-state index in [1.807, 2.05) is 42.5 Å². The first-order valence-electron chi connectivity index (χ1n) is 6.23. The molecule has 98 valence electrons. The van der Waals surface area contributed by atoms with Crippen molar-refractivity contribution in [2.45, 2.75) is 19.4 Å². The second-order valence-corrected chi connectivity index (χ2v) is 4.46. The van der Waals surface area contributed by atoms with Crippen molar-refractivity contribution >= 4 is 5.97 Å². The minimum absolute atomic E-state index is 0.0271. The summed E-state index contributed by atoms with van der Waals surface area (Å²) >= 11 is 0. The van der Waals surface area contributed by atoms with Gasteiger partial charge in [0, 0.05) is 13.0 Å². The number of esters is 1. The van der Waals surface area contributed by atoms with Crippen LogP contribution in [0.4, 0.5) is 0 Å². The molecule has 3 heteroatoms. The summed E-state index contributed by atoms with van der Waals surface area (Å²) in [6, 6.07) is 17.4. The molecule has 0 aliphatic carbocycles. The molecule has 0 unspecified atom stereocenters. The lowest BCUT2D eigenvalue weighted by Gasteiger charge is -2.12. The van der Waals surface area contributed by atoms with Crippen molar-refractivity contribution in [1.82, 2.24) is 0 Å². The molecule has 19 heavy (non-hydrogen) atoms. The van der Waals surface area contributed by atoms with E-state index < -0.39 is 0 Å². The monoisotopic (exact) mass is 255 g/mol. The van der Waals surface area contributed by atoms with Crippen LogP contribution in [0, 0.1) is 0 Å². The third-order valence-corrected chi connectivity index (χ3v) is 2.87. The SMILES string of the molecule is CC(=O)Oc1ccc(C[C@@H](N)c2ccccc2)cc1. The fourth-order valence-corrected chi connectivity index (χ4v) is 1.93. The Labute approximate surface area is 113 Å². The zero-order valence-electron chi connectivity index (χ0n) is 10.9. The topological polar surface area (TPSA) is 52.3 Å². The van der Waals surface area contributed by atoms with Crippen molar-refractivity contribution in [2.75, 3.05) is 0 Å². The Bertz CT molecular complexity index is 534. The van der Waals surface area contributed by atoms with Gasteiger partial charge in [-0.05, 0) is 29.7 Å². The first kappa shape index (κ1) is 13.3. The summed E-state index contributed by atoms with van der Waals surface area (Å²) in [5, 5.41) is 0. The highest BCUT2D eigenvalue weighted by molar-refractivity contribution is 5.69. The Kier molecular flexibility index (Phi) is 4.31. The van der Waals surface area contributed by atoms with Crippen LogP contribution in [0.1, 0.15) is 24.1 Å². The van der Waals surface area contributed by atoms with E-state index in [9.17, 15) is 4.79 Å². The molecular formula is C16H17NO2. The Morgan fingerprint density at radius 3 is 2.32 bits per heavy atom. The summed E-state index contributed by atoms with van der Waals surface area (Å²) in [7, 11) is 0. The van der Waals surface area contributed by atoms with E-state index in [1.54, 1.807) is 12.1 Å². The normalized spacial score (nSPS) is 11.9. The van der Waals surface area contributed by atoms with Gasteiger partial charge >= 0.3 is 5.97 Å². The van der Waals surface area contributed by atoms with Crippen LogP contribution in [-0.2, 0) is 11.2 Å². The number of carbonyl (C=O) groups excluding carboxylic acids is 1. The lowest BCUT2D eigenvalue weighted by Crippen LogP contribution is -2.13. The molecular weight excluding hydrogens is 238 g/mol. The summed E-state index contributed by atoms with van der Waals surface area (Å²) in [6.07, 6.45) is 0.754. The van der Waals surface area contributed by atoms with E-state index in [2.05, 4.69) is 0 Å². The number of ether oxygens (including phenoxy) is 1. The van der Waals surface area contributed by atoms with Gasteiger partial charge in [-0.25, -0.2) is 0 Å². The zero-order valence-corrected chi connectivity index (χ0v) is 10.9. The second kappa shape index (κ2) is 6.16. The van der Waals surface area contributed by atoms with Gasteiger partial charge < -0.3 is 10.5 Å². The van der Waals surface area contributed by atoms with Crippen molar-refractivity contribution < 1.29 is 9.53 Å². The third-order valence-electron chi connectivity index (χ3n) is 2.87. The van der Waals surface area contributed by atoms with Crippen LogP contribution in [0.5, 0.6) is 5.75 Å². The number of rotatable bonds is 4. The number of carbonyl (C=O) groups is 1. The van der Waals surface area contributed by atoms with Crippen LogP contribution in [0.15, 0.2) is 54.6 Å². The number of nitrogens with two attached hydrogens (primary N) is 1. The molecule has 0 heterocycles. The molecule has 2 aromatic carbocycles. The minimum Gasteiger partial charge on any atom is -0.427 e. The van der Waals surface area contributed by atoms with Crippen molar-refractivity contribution in [3.8, 4) is 5.75 Å². The largest absolute Gasteiger partial charge is 0.427 e. The number of hydrogen-bond donors (Lipinski definition) is 1. The average molecular weight is 255 g/mol. The van der Waals surface area contributed by atoms with Gasteiger partial charge in [-0.3, -0.25) is 4.79 Å². The molecule has 0 aromatic heterocycles. The third kappa shape index (κ3) is 3.93. The summed E-state index contributed by atoms with van der Waals surface area (Å²) in [5.41, 5.74) is 8.40. The predicted octanol–water partition coefficient (Wildman–Crippen LogP) is 2.85. The van der Waals surface area contributed by atoms with Gasteiger partial charge in [-0.2, -0.15) is 0 Å². The van der Waals surface area contributed by atoms with E-state index in [4.69, 9.17) is 10.5 Å². The standard InChI is InChI=1S/C16H17NO2/c1-12(18)19-15-9-7-13(8-10-15)11-16(17)14-5-3-2-4-6-14/h2-10,16H,11,17H2,1H3/t16-/m1/s1. The lowest BCUT2D eigenvalue weighted by molar-refractivity contribution is -0.131. The van der Waals surface area contributed by atoms with Gasteiger partial charge in [0.25, 0.3) is 0 Å². The van der Waals surface area contributed by atoms with Crippen LogP contribution in [0.25, 0.3) is 0 Å². The van der Waals surface area contributed by atoms with Crippen molar-refractivity contribution in [2.24, 2.45) is 5.73 Å². The van der Waals surface area contributed by atoms with Crippen molar-refractivity contribution in [3.05, 3.63) is 65.7 Å². The maximum absolute atomic E-state index is 10.8. The zero-order chi connectivity index (χ0) is 13.7. The smallest absolute Gasteiger partial charge is 0.308 e. The second-order valence-electron chi connectivity index (χ2n) is 4.46. The molecule has 0 spiro atoms. The fraction of sp³-hybridized carbons (Fsp3) is 0.188. The molecule has 0 saturated heterocycles. The fourth-order valence-electron chi connectivity index (χ4n) is 1.93. The average Bonchev–Trinajstić information content (AvgIpc) is 2.41. The van der Waals surface area contributed by atoms with Crippen LogP contribution < -0.4 is 10.5 Å². The molecule has 0 bridgehead atoms. The molecule has 0 fully saturated rings. The molecule has 0 radical (unpaired) electrons. The molecule has 0 aliphatic rings. The molecule has 2 aromatic rings. The first-order valence-corrected chi connectivity index (χ1v) is 6.23. The highest BCUT2D eigenvalue weighted by Gasteiger charge is 2.07. The summed E-state index contributed by atoms with van der Waals surface area (Å²) in [4.78, 5) is 10.8. The van der Waals surface area contributed by atoms with Gasteiger partial charge in [0.1, 0.15) is 5.75 Å². The Morgan fingerprint density at radius 1 is 1.11 bits per heavy atom. The Morgan fingerprint density at radius 2 is 1.74 bits per heavy atom. The van der Waals surface area contributed by atoms with Gasteiger partial charge in [0.15, 0.2) is 0 Å².